The van der Waals surface area contributed by atoms with E-state index in [1.54, 1.807) is 29.8 Å². The average Bonchev–Trinajstić information content (AvgIpc) is 3.83. The van der Waals surface area contributed by atoms with Crippen molar-refractivity contribution in [3.63, 3.8) is 0 Å². The Morgan fingerprint density at radius 2 is 1.64 bits per heavy atom. The largest absolute Gasteiger partial charge is 0.440 e. The summed E-state index contributed by atoms with van der Waals surface area (Å²) in [6.45, 7) is 0. The number of amides is 1. The summed E-state index contributed by atoms with van der Waals surface area (Å²) < 4.78 is 11.2. The molecule has 1 atom stereocenters. The van der Waals surface area contributed by atoms with Crippen LogP contribution in [0.4, 0.5) is 5.88 Å². The number of nitrogens with zero attached hydrogens (tertiary/aromatic N) is 7. The molecule has 1 amide bonds. The van der Waals surface area contributed by atoms with E-state index in [2.05, 4.69) is 33.0 Å². The summed E-state index contributed by atoms with van der Waals surface area (Å²) in [5.74, 6) is 0.568. The first-order valence-electron chi connectivity index (χ1n) is 14.0. The van der Waals surface area contributed by atoms with Crippen LogP contribution in [-0.2, 0) is 11.8 Å². The van der Waals surface area contributed by atoms with Gasteiger partial charge in [-0.15, -0.1) is 0 Å². The van der Waals surface area contributed by atoms with Gasteiger partial charge in [-0.3, -0.25) is 19.7 Å². The quantitative estimate of drug-likeness (QED) is 0.156. The Labute approximate surface area is 261 Å². The second kappa shape index (κ2) is 11.7. The minimum atomic E-state index is -0.662. The van der Waals surface area contributed by atoms with Crippen molar-refractivity contribution >= 4 is 39.2 Å². The van der Waals surface area contributed by atoms with Gasteiger partial charge in [0.05, 0.1) is 35.5 Å². The molecule has 44 heavy (non-hydrogen) atoms. The normalized spacial score (nSPS) is 12.1. The SMILES string of the molecule is Cn1c(-c2ccc(-n3ccnc3)cc2)cnc1C(C(c1ccccn1)c1ccccn1)N(C=O)c1cc2cc(Br)ccc2o1. The number of halogens is 1. The standard InChI is InChI=1S/C34H26BrN7O2/c1-40-29(23-8-11-26(12-9-23)41-17-16-36-21-41)20-39-34(40)33(32(27-6-2-4-14-37-27)28-7-3-5-15-38-28)42(22-43)31-19-24-18-25(35)10-13-30(24)44-31/h2-22,32-33H,1H3. The second-order valence-electron chi connectivity index (χ2n) is 10.3. The van der Waals surface area contributed by atoms with Crippen LogP contribution in [0.2, 0.25) is 0 Å². The third kappa shape index (κ3) is 5.09. The van der Waals surface area contributed by atoms with Crippen LogP contribution in [0.1, 0.15) is 29.2 Å². The third-order valence-corrected chi connectivity index (χ3v) is 8.21. The molecule has 0 aliphatic heterocycles. The molecule has 2 aromatic carbocycles. The Morgan fingerprint density at radius 3 is 2.27 bits per heavy atom. The predicted octanol–water partition coefficient (Wildman–Crippen LogP) is 7.11. The molecule has 0 N–H and O–H groups in total. The molecule has 0 aliphatic rings. The first kappa shape index (κ1) is 27.5. The van der Waals surface area contributed by atoms with Gasteiger partial charge in [0.15, 0.2) is 0 Å². The second-order valence-corrected chi connectivity index (χ2v) is 11.2. The molecule has 9 nitrogen and oxygen atoms in total. The van der Waals surface area contributed by atoms with Crippen molar-refractivity contribution in [3.05, 3.63) is 144 Å². The van der Waals surface area contributed by atoms with Crippen molar-refractivity contribution in [2.24, 2.45) is 7.05 Å². The summed E-state index contributed by atoms with van der Waals surface area (Å²) in [4.78, 5) is 33.3. The van der Waals surface area contributed by atoms with E-state index < -0.39 is 12.0 Å². The third-order valence-electron chi connectivity index (χ3n) is 7.72. The molecule has 10 heteroatoms. The minimum absolute atomic E-state index is 0.393. The Morgan fingerprint density at radius 1 is 0.886 bits per heavy atom. The number of imidazole rings is 2. The van der Waals surface area contributed by atoms with E-state index >= 15 is 0 Å². The molecule has 5 heterocycles. The molecule has 0 spiro atoms. The van der Waals surface area contributed by atoms with Crippen LogP contribution in [0.15, 0.2) is 131 Å². The molecular formula is C34H26BrN7O2. The van der Waals surface area contributed by atoms with Crippen molar-refractivity contribution in [2.45, 2.75) is 12.0 Å². The fraction of sp³-hybridized carbons (Fsp3) is 0.0882. The van der Waals surface area contributed by atoms with Crippen LogP contribution < -0.4 is 4.90 Å². The van der Waals surface area contributed by atoms with E-state index in [4.69, 9.17) is 19.4 Å². The smallest absolute Gasteiger partial charge is 0.217 e. The Hall–Kier alpha value is -5.35. The van der Waals surface area contributed by atoms with Gasteiger partial charge in [0, 0.05) is 53.4 Å². The lowest BCUT2D eigenvalue weighted by Gasteiger charge is -2.32. The number of fused-ring (bicyclic) bond motifs is 1. The van der Waals surface area contributed by atoms with Crippen LogP contribution in [0.25, 0.3) is 27.9 Å². The van der Waals surface area contributed by atoms with Crippen LogP contribution in [0, 0.1) is 0 Å². The maximum atomic E-state index is 13.1. The van der Waals surface area contributed by atoms with Gasteiger partial charge in [0.2, 0.25) is 12.3 Å². The zero-order valence-corrected chi connectivity index (χ0v) is 25.2. The van der Waals surface area contributed by atoms with Crippen LogP contribution in [-0.4, -0.2) is 35.5 Å². The Kier molecular flexibility index (Phi) is 7.33. The van der Waals surface area contributed by atoms with E-state index in [9.17, 15) is 4.79 Å². The lowest BCUT2D eigenvalue weighted by molar-refractivity contribution is -0.108. The average molecular weight is 645 g/mol. The van der Waals surface area contributed by atoms with Gasteiger partial charge in [-0.1, -0.05) is 40.2 Å². The molecule has 0 radical (unpaired) electrons. The van der Waals surface area contributed by atoms with E-state index in [1.807, 2.05) is 101 Å². The molecule has 0 saturated heterocycles. The highest BCUT2D eigenvalue weighted by atomic mass is 79.9. The molecule has 0 aliphatic carbocycles. The highest BCUT2D eigenvalue weighted by Gasteiger charge is 2.38. The Balaban J connectivity index is 1.40. The number of hydrogen-bond donors (Lipinski definition) is 0. The number of carbonyl (C=O) groups is 1. The van der Waals surface area contributed by atoms with Crippen LogP contribution >= 0.6 is 15.9 Å². The highest BCUT2D eigenvalue weighted by molar-refractivity contribution is 9.10. The molecule has 0 fully saturated rings. The van der Waals surface area contributed by atoms with Gasteiger partial charge in [-0.25, -0.2) is 9.97 Å². The maximum Gasteiger partial charge on any atom is 0.217 e. The van der Waals surface area contributed by atoms with E-state index in [0.717, 1.165) is 44.6 Å². The van der Waals surface area contributed by atoms with Crippen molar-refractivity contribution < 1.29 is 9.21 Å². The predicted molar refractivity (Wildman–Crippen MR) is 171 cm³/mol. The van der Waals surface area contributed by atoms with E-state index in [-0.39, 0.29) is 0 Å². The van der Waals surface area contributed by atoms with Gasteiger partial charge >= 0.3 is 0 Å². The fourth-order valence-electron chi connectivity index (χ4n) is 5.59. The maximum absolute atomic E-state index is 13.1. The number of benzene rings is 2. The highest BCUT2D eigenvalue weighted by Crippen LogP contribution is 2.42. The van der Waals surface area contributed by atoms with Crippen molar-refractivity contribution in [3.8, 4) is 16.9 Å². The first-order valence-corrected chi connectivity index (χ1v) is 14.7. The molecular weight excluding hydrogens is 618 g/mol. The molecule has 0 bridgehead atoms. The lowest BCUT2D eigenvalue weighted by Crippen LogP contribution is -2.35. The van der Waals surface area contributed by atoms with Gasteiger partial charge in [-0.05, 0) is 60.2 Å². The van der Waals surface area contributed by atoms with E-state index in [0.29, 0.717) is 17.3 Å². The molecule has 7 rings (SSSR count). The zero-order valence-electron chi connectivity index (χ0n) is 23.6. The number of carbonyl (C=O) groups excluding carboxylic acids is 1. The first-order chi connectivity index (χ1) is 21.6. The number of aromatic nitrogens is 6. The van der Waals surface area contributed by atoms with Gasteiger partial charge in [0.1, 0.15) is 17.4 Å². The molecule has 7 aromatic rings. The van der Waals surface area contributed by atoms with Crippen molar-refractivity contribution in [2.75, 3.05) is 4.90 Å². The summed E-state index contributed by atoms with van der Waals surface area (Å²) in [6.07, 6.45) is 11.5. The van der Waals surface area contributed by atoms with Gasteiger partial charge in [0.25, 0.3) is 0 Å². The number of hydrogen-bond acceptors (Lipinski definition) is 6. The summed E-state index contributed by atoms with van der Waals surface area (Å²) in [5, 5.41) is 0.866. The lowest BCUT2D eigenvalue weighted by atomic mass is 9.89. The summed E-state index contributed by atoms with van der Waals surface area (Å²) >= 11 is 3.54. The monoisotopic (exact) mass is 643 g/mol. The molecule has 0 saturated carbocycles. The van der Waals surface area contributed by atoms with Gasteiger partial charge in [-0.2, -0.15) is 0 Å². The van der Waals surface area contributed by atoms with E-state index in [1.165, 1.54) is 0 Å². The van der Waals surface area contributed by atoms with Crippen molar-refractivity contribution in [1.29, 1.82) is 0 Å². The van der Waals surface area contributed by atoms with Crippen LogP contribution in [0.5, 0.6) is 0 Å². The minimum Gasteiger partial charge on any atom is -0.440 e. The Bertz CT molecular complexity index is 1980. The molecule has 1 unspecified atom stereocenters. The summed E-state index contributed by atoms with van der Waals surface area (Å²) in [5.41, 5.74) is 5.03. The zero-order chi connectivity index (χ0) is 30.0. The number of pyridine rings is 2. The number of anilines is 1. The van der Waals surface area contributed by atoms with Crippen molar-refractivity contribution in [1.82, 2.24) is 29.1 Å². The summed E-state index contributed by atoms with van der Waals surface area (Å²) in [6, 6.07) is 26.6. The van der Waals surface area contributed by atoms with Gasteiger partial charge < -0.3 is 13.6 Å². The topological polar surface area (TPSA) is 94.9 Å². The number of rotatable bonds is 9. The number of furan rings is 1. The summed E-state index contributed by atoms with van der Waals surface area (Å²) in [7, 11) is 1.96. The van der Waals surface area contributed by atoms with Crippen LogP contribution in [0.3, 0.4) is 0 Å². The molecule has 5 aromatic heterocycles. The fourth-order valence-corrected chi connectivity index (χ4v) is 5.97. The molecule has 216 valence electrons.